The van der Waals surface area contributed by atoms with E-state index >= 15 is 0 Å². The van der Waals surface area contributed by atoms with Crippen molar-refractivity contribution in [3.8, 4) is 11.5 Å². The number of aromatic hydroxyl groups is 1. The van der Waals surface area contributed by atoms with Gasteiger partial charge in [0.05, 0.1) is 0 Å². The summed E-state index contributed by atoms with van der Waals surface area (Å²) >= 11 is 0. The Morgan fingerprint density at radius 1 is 0.950 bits per heavy atom. The lowest BCUT2D eigenvalue weighted by atomic mass is 10.0. The van der Waals surface area contributed by atoms with Crippen molar-refractivity contribution in [3.05, 3.63) is 59.7 Å². The van der Waals surface area contributed by atoms with Gasteiger partial charge in [0.25, 0.3) is 0 Å². The average Bonchev–Trinajstić information content (AvgIpc) is 2.42. The molecule has 0 bridgehead atoms. The molecule has 0 aliphatic heterocycles. The Morgan fingerprint density at radius 2 is 1.55 bits per heavy atom. The summed E-state index contributed by atoms with van der Waals surface area (Å²) in [6, 6.07) is 14.3. The van der Waals surface area contributed by atoms with Gasteiger partial charge in [-0.05, 0) is 42.5 Å². The van der Waals surface area contributed by atoms with E-state index in [0.717, 1.165) is 24.0 Å². The van der Waals surface area contributed by atoms with Gasteiger partial charge in [0.1, 0.15) is 11.5 Å². The molecule has 0 amide bonds. The third kappa shape index (κ3) is 3.75. The van der Waals surface area contributed by atoms with Crippen molar-refractivity contribution in [2.24, 2.45) is 0 Å². The number of hydrogen-bond donors (Lipinski definition) is 2. The lowest BCUT2D eigenvalue weighted by Crippen LogP contribution is -2.05. The number of hydrogen-bond acceptors (Lipinski definition) is 3. The van der Waals surface area contributed by atoms with Gasteiger partial charge >= 0.3 is 6.16 Å². The lowest BCUT2D eigenvalue weighted by Gasteiger charge is -2.08. The molecule has 0 saturated heterocycles. The van der Waals surface area contributed by atoms with E-state index < -0.39 is 6.16 Å². The third-order valence-corrected chi connectivity index (χ3v) is 3.05. The summed E-state index contributed by atoms with van der Waals surface area (Å²) in [6.07, 6.45) is 0.918. The zero-order valence-electron chi connectivity index (χ0n) is 11.0. The van der Waals surface area contributed by atoms with Gasteiger partial charge in [-0.1, -0.05) is 36.4 Å². The molecule has 0 aliphatic rings. The second-order valence-electron chi connectivity index (χ2n) is 4.46. The normalized spacial score (nSPS) is 10.2. The maximum absolute atomic E-state index is 10.6. The van der Waals surface area contributed by atoms with Crippen molar-refractivity contribution in [1.29, 1.82) is 0 Å². The highest BCUT2D eigenvalue weighted by Crippen LogP contribution is 2.22. The number of para-hydroxylation sites is 2. The molecule has 4 heteroatoms. The van der Waals surface area contributed by atoms with Gasteiger partial charge in [0.15, 0.2) is 0 Å². The van der Waals surface area contributed by atoms with Crippen molar-refractivity contribution >= 4 is 6.16 Å². The van der Waals surface area contributed by atoms with E-state index in [2.05, 4.69) is 0 Å². The van der Waals surface area contributed by atoms with Crippen molar-refractivity contribution in [3.63, 3.8) is 0 Å². The van der Waals surface area contributed by atoms with Crippen molar-refractivity contribution < 1.29 is 19.7 Å². The summed E-state index contributed by atoms with van der Waals surface area (Å²) in [5.41, 5.74) is 1.74. The van der Waals surface area contributed by atoms with Crippen molar-refractivity contribution in [2.45, 2.75) is 19.3 Å². The van der Waals surface area contributed by atoms with Crippen LogP contribution in [0.15, 0.2) is 48.5 Å². The third-order valence-electron chi connectivity index (χ3n) is 3.05. The van der Waals surface area contributed by atoms with Gasteiger partial charge in [0, 0.05) is 0 Å². The predicted molar refractivity (Wildman–Crippen MR) is 75.2 cm³/mol. The second-order valence-corrected chi connectivity index (χ2v) is 4.46. The SMILES string of the molecule is O=C(O)Oc1ccccc1CCCc1ccccc1O. The summed E-state index contributed by atoms with van der Waals surface area (Å²) in [7, 11) is 0. The highest BCUT2D eigenvalue weighted by molar-refractivity contribution is 5.62. The molecule has 0 radical (unpaired) electrons. The van der Waals surface area contributed by atoms with E-state index in [9.17, 15) is 9.90 Å². The minimum atomic E-state index is -1.31. The van der Waals surface area contributed by atoms with E-state index in [4.69, 9.17) is 9.84 Å². The zero-order valence-corrected chi connectivity index (χ0v) is 11.0. The summed E-state index contributed by atoms with van der Waals surface area (Å²) < 4.78 is 4.74. The van der Waals surface area contributed by atoms with Gasteiger partial charge in [-0.2, -0.15) is 0 Å². The van der Waals surface area contributed by atoms with Crippen LogP contribution in [-0.4, -0.2) is 16.4 Å². The van der Waals surface area contributed by atoms with E-state index in [1.165, 1.54) is 0 Å². The molecular weight excluding hydrogens is 256 g/mol. The molecule has 2 aromatic rings. The van der Waals surface area contributed by atoms with Crippen LogP contribution in [0.5, 0.6) is 11.5 Å². The van der Waals surface area contributed by atoms with Gasteiger partial charge in [-0.3, -0.25) is 0 Å². The molecule has 0 aliphatic carbocycles. The molecular formula is C16H16O4. The molecule has 0 aromatic heterocycles. The molecule has 0 atom stereocenters. The highest BCUT2D eigenvalue weighted by atomic mass is 16.7. The number of carbonyl (C=O) groups is 1. The van der Waals surface area contributed by atoms with Crippen molar-refractivity contribution in [1.82, 2.24) is 0 Å². The van der Waals surface area contributed by atoms with E-state index in [-0.39, 0.29) is 0 Å². The summed E-state index contributed by atoms with van der Waals surface area (Å²) in [5.74, 6) is 0.667. The van der Waals surface area contributed by atoms with Crippen molar-refractivity contribution in [2.75, 3.05) is 0 Å². The predicted octanol–water partition coefficient (Wildman–Crippen LogP) is 3.62. The number of rotatable bonds is 5. The summed E-state index contributed by atoms with van der Waals surface area (Å²) in [5, 5.41) is 18.4. The molecule has 0 fully saturated rings. The zero-order chi connectivity index (χ0) is 14.4. The van der Waals surface area contributed by atoms with Gasteiger partial charge in [-0.15, -0.1) is 0 Å². The first-order valence-corrected chi connectivity index (χ1v) is 6.42. The van der Waals surface area contributed by atoms with Crippen LogP contribution in [0.2, 0.25) is 0 Å². The van der Waals surface area contributed by atoms with Crippen LogP contribution in [0.4, 0.5) is 4.79 Å². The monoisotopic (exact) mass is 272 g/mol. The number of phenolic OH excluding ortho intramolecular Hbond substituents is 1. The molecule has 0 heterocycles. The average molecular weight is 272 g/mol. The molecule has 2 N–H and O–H groups in total. The first-order valence-electron chi connectivity index (χ1n) is 6.42. The molecule has 2 rings (SSSR count). The topological polar surface area (TPSA) is 66.8 Å². The molecule has 0 unspecified atom stereocenters. The van der Waals surface area contributed by atoms with E-state index in [1.807, 2.05) is 24.3 Å². The van der Waals surface area contributed by atoms with Gasteiger partial charge < -0.3 is 14.9 Å². The minimum absolute atomic E-state index is 0.294. The number of phenols is 1. The Bertz CT molecular complexity index is 593. The Kier molecular flexibility index (Phi) is 4.60. The Labute approximate surface area is 117 Å². The molecule has 20 heavy (non-hydrogen) atoms. The number of ether oxygens (including phenoxy) is 1. The Balaban J connectivity index is 1.97. The van der Waals surface area contributed by atoms with Crippen LogP contribution < -0.4 is 4.74 Å². The van der Waals surface area contributed by atoms with Crippen LogP contribution in [0.25, 0.3) is 0 Å². The maximum Gasteiger partial charge on any atom is 0.511 e. The minimum Gasteiger partial charge on any atom is -0.508 e. The molecule has 0 spiro atoms. The van der Waals surface area contributed by atoms with Gasteiger partial charge in [0.2, 0.25) is 0 Å². The number of aryl methyl sites for hydroxylation is 2. The summed E-state index contributed by atoms with van der Waals surface area (Å²) in [4.78, 5) is 10.6. The van der Waals surface area contributed by atoms with E-state index in [0.29, 0.717) is 17.9 Å². The van der Waals surface area contributed by atoms with Crippen LogP contribution in [0.1, 0.15) is 17.5 Å². The standard InChI is InChI=1S/C16H16O4/c17-14-10-3-1-6-12(14)8-5-9-13-7-2-4-11-15(13)20-16(18)19/h1-4,6-7,10-11,17H,5,8-9H2,(H,18,19). The largest absolute Gasteiger partial charge is 0.511 e. The first kappa shape index (κ1) is 13.9. The van der Waals surface area contributed by atoms with Crippen LogP contribution in [-0.2, 0) is 12.8 Å². The molecule has 2 aromatic carbocycles. The van der Waals surface area contributed by atoms with Crippen LogP contribution >= 0.6 is 0 Å². The second kappa shape index (κ2) is 6.61. The van der Waals surface area contributed by atoms with Crippen LogP contribution in [0, 0.1) is 0 Å². The lowest BCUT2D eigenvalue weighted by molar-refractivity contribution is 0.144. The maximum atomic E-state index is 10.6. The quantitative estimate of drug-likeness (QED) is 0.644. The Morgan fingerprint density at radius 3 is 2.25 bits per heavy atom. The fourth-order valence-corrected chi connectivity index (χ4v) is 2.10. The number of benzene rings is 2. The first-order chi connectivity index (χ1) is 9.66. The molecule has 4 nitrogen and oxygen atoms in total. The molecule has 104 valence electrons. The fourth-order valence-electron chi connectivity index (χ4n) is 2.10. The van der Waals surface area contributed by atoms with E-state index in [1.54, 1.807) is 24.3 Å². The smallest absolute Gasteiger partial charge is 0.508 e. The van der Waals surface area contributed by atoms with Crippen LogP contribution in [0.3, 0.4) is 0 Å². The fraction of sp³-hybridized carbons (Fsp3) is 0.188. The highest BCUT2D eigenvalue weighted by Gasteiger charge is 2.07. The number of carboxylic acid groups (broad SMARTS) is 1. The molecule has 0 saturated carbocycles. The summed E-state index contributed by atoms with van der Waals surface area (Å²) in [6.45, 7) is 0. The Hall–Kier alpha value is -2.49. The van der Waals surface area contributed by atoms with Gasteiger partial charge in [-0.25, -0.2) is 4.79 Å².